The van der Waals surface area contributed by atoms with E-state index >= 15 is 0 Å². The number of hydrogen-bond acceptors (Lipinski definition) is 4. The fourth-order valence-electron chi connectivity index (χ4n) is 3.86. The molecule has 1 aliphatic heterocycles. The molecule has 3 aromatic carbocycles. The molecule has 1 amide bonds. The van der Waals surface area contributed by atoms with Crippen LogP contribution in [-0.2, 0) is 4.79 Å². The van der Waals surface area contributed by atoms with Crippen LogP contribution in [0.4, 0.5) is 5.69 Å². The number of carbonyl (C=O) groups is 1. The molecule has 138 valence electrons. The third-order valence-corrected chi connectivity index (χ3v) is 5.09. The highest BCUT2D eigenvalue weighted by Gasteiger charge is 2.31. The monoisotopic (exact) mass is 363 g/mol. The maximum atomic E-state index is 12.4. The molecular formula is C22H21NO4. The minimum absolute atomic E-state index is 0.0142. The number of nitrogens with one attached hydrogen (secondary N) is 1. The molecule has 0 radical (unpaired) electrons. The number of fused-ring (bicyclic) bond motifs is 3. The van der Waals surface area contributed by atoms with E-state index in [4.69, 9.17) is 14.2 Å². The zero-order valence-corrected chi connectivity index (χ0v) is 15.5. The number of methoxy groups -OCH3 is 3. The van der Waals surface area contributed by atoms with Gasteiger partial charge in [0.2, 0.25) is 5.91 Å². The molecular weight excluding hydrogens is 342 g/mol. The van der Waals surface area contributed by atoms with Crippen molar-refractivity contribution in [1.82, 2.24) is 0 Å². The summed E-state index contributed by atoms with van der Waals surface area (Å²) < 4.78 is 16.5. The first-order valence-corrected chi connectivity index (χ1v) is 8.77. The Morgan fingerprint density at radius 3 is 2.33 bits per heavy atom. The number of benzene rings is 3. The first kappa shape index (κ1) is 17.2. The Hall–Kier alpha value is -3.21. The summed E-state index contributed by atoms with van der Waals surface area (Å²) in [7, 11) is 4.82. The number of amides is 1. The van der Waals surface area contributed by atoms with Gasteiger partial charge >= 0.3 is 0 Å². The molecule has 0 spiro atoms. The van der Waals surface area contributed by atoms with E-state index in [9.17, 15) is 4.79 Å². The van der Waals surface area contributed by atoms with Crippen molar-refractivity contribution in [2.24, 2.45) is 0 Å². The first-order valence-electron chi connectivity index (χ1n) is 8.77. The molecule has 1 atom stereocenters. The summed E-state index contributed by atoms with van der Waals surface area (Å²) >= 11 is 0. The van der Waals surface area contributed by atoms with Crippen molar-refractivity contribution in [2.75, 3.05) is 26.6 Å². The van der Waals surface area contributed by atoms with Crippen molar-refractivity contribution < 1.29 is 19.0 Å². The Labute approximate surface area is 157 Å². The number of anilines is 1. The normalized spacial score (nSPS) is 15.8. The topological polar surface area (TPSA) is 56.8 Å². The van der Waals surface area contributed by atoms with Crippen molar-refractivity contribution in [3.05, 3.63) is 59.7 Å². The number of rotatable bonds is 4. The Bertz CT molecular complexity index is 1030. The summed E-state index contributed by atoms with van der Waals surface area (Å²) in [5, 5.41) is 5.26. The Morgan fingerprint density at radius 1 is 0.889 bits per heavy atom. The second kappa shape index (κ2) is 6.83. The molecule has 0 fully saturated rings. The van der Waals surface area contributed by atoms with E-state index in [1.165, 1.54) is 0 Å². The van der Waals surface area contributed by atoms with E-state index in [0.717, 1.165) is 27.6 Å². The zero-order chi connectivity index (χ0) is 19.0. The smallest absolute Gasteiger partial charge is 0.225 e. The summed E-state index contributed by atoms with van der Waals surface area (Å²) in [4.78, 5) is 12.4. The van der Waals surface area contributed by atoms with Crippen LogP contribution < -0.4 is 19.5 Å². The van der Waals surface area contributed by atoms with Crippen LogP contribution in [0.15, 0.2) is 48.5 Å². The van der Waals surface area contributed by atoms with Crippen molar-refractivity contribution in [3.8, 4) is 17.2 Å². The molecule has 5 nitrogen and oxygen atoms in total. The van der Waals surface area contributed by atoms with Gasteiger partial charge in [-0.3, -0.25) is 4.79 Å². The van der Waals surface area contributed by atoms with Gasteiger partial charge in [-0.1, -0.05) is 30.3 Å². The van der Waals surface area contributed by atoms with Gasteiger partial charge in [-0.05, 0) is 28.5 Å². The molecule has 3 aromatic rings. The van der Waals surface area contributed by atoms with E-state index < -0.39 is 0 Å². The van der Waals surface area contributed by atoms with Gasteiger partial charge in [0.15, 0.2) is 11.5 Å². The van der Waals surface area contributed by atoms with Gasteiger partial charge in [0.1, 0.15) is 5.75 Å². The first-order chi connectivity index (χ1) is 13.2. The molecule has 5 heteroatoms. The predicted octanol–water partition coefficient (Wildman–Crippen LogP) is 4.34. The highest BCUT2D eigenvalue weighted by atomic mass is 16.5. The minimum Gasteiger partial charge on any atom is -0.496 e. The third-order valence-electron chi connectivity index (χ3n) is 5.09. The molecule has 1 aliphatic rings. The lowest BCUT2D eigenvalue weighted by molar-refractivity contribution is -0.116. The van der Waals surface area contributed by atoms with Crippen LogP contribution in [0.2, 0.25) is 0 Å². The summed E-state index contributed by atoms with van der Waals surface area (Å²) in [6.07, 6.45) is 0.340. The number of ether oxygens (including phenoxy) is 3. The van der Waals surface area contributed by atoms with Crippen LogP contribution in [0.3, 0.4) is 0 Å². The quantitative estimate of drug-likeness (QED) is 0.749. The van der Waals surface area contributed by atoms with Crippen LogP contribution in [0.25, 0.3) is 10.8 Å². The number of carbonyl (C=O) groups excluding carboxylic acids is 1. The second-order valence-electron chi connectivity index (χ2n) is 6.50. The highest BCUT2D eigenvalue weighted by molar-refractivity contribution is 6.01. The molecule has 1 heterocycles. The highest BCUT2D eigenvalue weighted by Crippen LogP contribution is 2.47. The van der Waals surface area contributed by atoms with Gasteiger partial charge in [0.25, 0.3) is 0 Å². The molecule has 0 aromatic heterocycles. The van der Waals surface area contributed by atoms with E-state index in [-0.39, 0.29) is 11.8 Å². The number of hydrogen-bond donors (Lipinski definition) is 1. The second-order valence-corrected chi connectivity index (χ2v) is 6.50. The fourth-order valence-corrected chi connectivity index (χ4v) is 3.86. The molecule has 0 unspecified atom stereocenters. The molecule has 0 saturated carbocycles. The van der Waals surface area contributed by atoms with Crippen LogP contribution >= 0.6 is 0 Å². The summed E-state index contributed by atoms with van der Waals surface area (Å²) in [6, 6.07) is 15.9. The third kappa shape index (κ3) is 2.85. The lowest BCUT2D eigenvalue weighted by Crippen LogP contribution is -2.24. The van der Waals surface area contributed by atoms with Gasteiger partial charge in [-0.25, -0.2) is 0 Å². The van der Waals surface area contributed by atoms with Gasteiger partial charge in [0.05, 0.1) is 21.3 Å². The fraction of sp³-hybridized carbons (Fsp3) is 0.227. The molecule has 0 aliphatic carbocycles. The lowest BCUT2D eigenvalue weighted by atomic mass is 9.81. The standard InChI is InChI=1S/C22H21NO4/c1-25-18-12-20(27-3)19(26-2)10-15(18)16-11-21(24)23-17-9-8-13-6-4-5-7-14(13)22(16)17/h4-10,12,16H,11H2,1-3H3,(H,23,24)/t16-/m1/s1. The van der Waals surface area contributed by atoms with Crippen LogP contribution in [0.5, 0.6) is 17.2 Å². The summed E-state index contributed by atoms with van der Waals surface area (Å²) in [5.74, 6) is 1.72. The van der Waals surface area contributed by atoms with Gasteiger partial charge in [-0.2, -0.15) is 0 Å². The predicted molar refractivity (Wildman–Crippen MR) is 105 cm³/mol. The van der Waals surface area contributed by atoms with Crippen molar-refractivity contribution in [2.45, 2.75) is 12.3 Å². The van der Waals surface area contributed by atoms with Crippen LogP contribution in [-0.4, -0.2) is 27.2 Å². The maximum Gasteiger partial charge on any atom is 0.225 e. The largest absolute Gasteiger partial charge is 0.496 e. The minimum atomic E-state index is -0.144. The Balaban J connectivity index is 1.98. The summed E-state index contributed by atoms with van der Waals surface area (Å²) in [5.41, 5.74) is 2.84. The molecule has 1 N–H and O–H groups in total. The maximum absolute atomic E-state index is 12.4. The average molecular weight is 363 g/mol. The van der Waals surface area contributed by atoms with Crippen LogP contribution in [0.1, 0.15) is 23.5 Å². The Morgan fingerprint density at radius 2 is 1.59 bits per heavy atom. The molecule has 0 saturated heterocycles. The van der Waals surface area contributed by atoms with E-state index in [1.54, 1.807) is 21.3 Å². The van der Waals surface area contributed by atoms with E-state index in [2.05, 4.69) is 17.4 Å². The van der Waals surface area contributed by atoms with Gasteiger partial charge in [-0.15, -0.1) is 0 Å². The van der Waals surface area contributed by atoms with Gasteiger partial charge < -0.3 is 19.5 Å². The summed E-state index contributed by atoms with van der Waals surface area (Å²) in [6.45, 7) is 0. The SMILES string of the molecule is COc1cc(OC)c([C@H]2CC(=O)Nc3ccc4ccccc4c32)cc1OC. The van der Waals surface area contributed by atoms with Gasteiger partial charge in [0, 0.05) is 29.7 Å². The molecule has 0 bridgehead atoms. The lowest BCUT2D eigenvalue weighted by Gasteiger charge is -2.29. The van der Waals surface area contributed by atoms with Crippen molar-refractivity contribution in [1.29, 1.82) is 0 Å². The van der Waals surface area contributed by atoms with E-state index in [0.29, 0.717) is 23.7 Å². The average Bonchev–Trinajstić information content (AvgIpc) is 2.71. The van der Waals surface area contributed by atoms with Crippen LogP contribution in [0, 0.1) is 0 Å². The van der Waals surface area contributed by atoms with E-state index in [1.807, 2.05) is 36.4 Å². The Kier molecular flexibility index (Phi) is 4.36. The zero-order valence-electron chi connectivity index (χ0n) is 15.5. The van der Waals surface area contributed by atoms with Crippen molar-refractivity contribution >= 4 is 22.4 Å². The molecule has 27 heavy (non-hydrogen) atoms. The molecule has 4 rings (SSSR count). The van der Waals surface area contributed by atoms with Crippen molar-refractivity contribution in [3.63, 3.8) is 0 Å².